The van der Waals surface area contributed by atoms with Crippen molar-refractivity contribution in [2.75, 3.05) is 0 Å². The Morgan fingerprint density at radius 2 is 2.00 bits per heavy atom. The molecule has 0 amide bonds. The van der Waals surface area contributed by atoms with Crippen LogP contribution in [0.2, 0.25) is 0 Å². The van der Waals surface area contributed by atoms with Crippen molar-refractivity contribution in [1.29, 1.82) is 0 Å². The van der Waals surface area contributed by atoms with Gasteiger partial charge in [0.25, 0.3) is 0 Å². The van der Waals surface area contributed by atoms with E-state index in [1.807, 2.05) is 54.9 Å². The summed E-state index contributed by atoms with van der Waals surface area (Å²) in [5.41, 5.74) is 3.33. The van der Waals surface area contributed by atoms with E-state index in [4.69, 9.17) is 0 Å². The van der Waals surface area contributed by atoms with Crippen molar-refractivity contribution in [3.63, 3.8) is 0 Å². The highest BCUT2D eigenvalue weighted by Gasteiger charge is 2.16. The van der Waals surface area contributed by atoms with Gasteiger partial charge in [-0.15, -0.1) is 0 Å². The summed E-state index contributed by atoms with van der Waals surface area (Å²) >= 11 is 0. The van der Waals surface area contributed by atoms with E-state index in [0.717, 1.165) is 28.7 Å². The van der Waals surface area contributed by atoms with Crippen LogP contribution in [0.4, 0.5) is 0 Å². The third-order valence-electron chi connectivity index (χ3n) is 3.64. The number of ketones is 1. The summed E-state index contributed by atoms with van der Waals surface area (Å²) in [6, 6.07) is 11.8. The van der Waals surface area contributed by atoms with Crippen LogP contribution in [0, 0.1) is 6.92 Å². The van der Waals surface area contributed by atoms with Crippen LogP contribution < -0.4 is 0 Å². The second kappa shape index (κ2) is 5.48. The Morgan fingerprint density at radius 1 is 1.19 bits per heavy atom. The molecular weight excluding hydrogens is 262 g/mol. The minimum atomic E-state index is 0.0135. The zero-order valence-electron chi connectivity index (χ0n) is 12.2. The molecule has 3 aromatic rings. The van der Waals surface area contributed by atoms with E-state index in [2.05, 4.69) is 10.1 Å². The Bertz CT molecular complexity index is 805. The molecule has 2 heterocycles. The number of rotatable bonds is 4. The lowest BCUT2D eigenvalue weighted by atomic mass is 10.1. The summed E-state index contributed by atoms with van der Waals surface area (Å²) in [7, 11) is 0. The number of hydrogen-bond acceptors (Lipinski definition) is 3. The van der Waals surface area contributed by atoms with Crippen LogP contribution in [0.15, 0.2) is 42.6 Å². The van der Waals surface area contributed by atoms with Crippen LogP contribution in [0.1, 0.15) is 28.7 Å². The van der Waals surface area contributed by atoms with Crippen molar-refractivity contribution >= 4 is 16.7 Å². The van der Waals surface area contributed by atoms with Gasteiger partial charge in [0.15, 0.2) is 5.78 Å². The third kappa shape index (κ3) is 2.44. The van der Waals surface area contributed by atoms with E-state index in [-0.39, 0.29) is 12.2 Å². The molecule has 4 heteroatoms. The summed E-state index contributed by atoms with van der Waals surface area (Å²) in [6.07, 6.45) is 1.94. The molecule has 0 unspecified atom stereocenters. The number of aromatic nitrogens is 3. The number of pyridine rings is 1. The Morgan fingerprint density at radius 3 is 2.76 bits per heavy atom. The zero-order valence-corrected chi connectivity index (χ0v) is 12.2. The number of para-hydroxylation sites is 1. The van der Waals surface area contributed by atoms with E-state index in [0.29, 0.717) is 5.69 Å². The lowest BCUT2D eigenvalue weighted by Crippen LogP contribution is -2.09. The number of hydrogen-bond donors (Lipinski definition) is 0. The van der Waals surface area contributed by atoms with Gasteiger partial charge in [0.1, 0.15) is 5.69 Å². The van der Waals surface area contributed by atoms with Crippen LogP contribution in [0.25, 0.3) is 10.9 Å². The van der Waals surface area contributed by atoms with Crippen molar-refractivity contribution in [3.05, 3.63) is 59.5 Å². The lowest BCUT2D eigenvalue weighted by molar-refractivity contribution is 0.0986. The first-order valence-corrected chi connectivity index (χ1v) is 7.10. The third-order valence-corrected chi connectivity index (χ3v) is 3.64. The fourth-order valence-corrected chi connectivity index (χ4v) is 2.58. The van der Waals surface area contributed by atoms with Gasteiger partial charge >= 0.3 is 0 Å². The molecule has 0 atom stereocenters. The highest BCUT2D eigenvalue weighted by atomic mass is 16.1. The fourth-order valence-electron chi connectivity index (χ4n) is 2.58. The van der Waals surface area contributed by atoms with Gasteiger partial charge in [0, 0.05) is 18.1 Å². The Hall–Kier alpha value is -2.49. The molecule has 21 heavy (non-hydrogen) atoms. The predicted molar refractivity (Wildman–Crippen MR) is 82.4 cm³/mol. The highest BCUT2D eigenvalue weighted by Crippen LogP contribution is 2.20. The molecule has 0 saturated carbocycles. The van der Waals surface area contributed by atoms with Crippen LogP contribution in [-0.2, 0) is 13.0 Å². The summed E-state index contributed by atoms with van der Waals surface area (Å²) in [4.78, 5) is 16.7. The predicted octanol–water partition coefficient (Wildman–Crippen LogP) is 3.19. The molecule has 0 saturated heterocycles. The molecule has 0 aliphatic carbocycles. The quantitative estimate of drug-likeness (QED) is 0.689. The van der Waals surface area contributed by atoms with Crippen molar-refractivity contribution in [2.24, 2.45) is 0 Å². The molecular formula is C17H17N3O. The largest absolute Gasteiger partial charge is 0.292 e. The number of nitrogens with zero attached hydrogens (tertiary/aromatic N) is 3. The number of carbonyl (C=O) groups is 1. The highest BCUT2D eigenvalue weighted by molar-refractivity contribution is 5.99. The van der Waals surface area contributed by atoms with E-state index >= 15 is 0 Å². The molecule has 0 N–H and O–H groups in total. The molecule has 0 spiro atoms. The maximum absolute atomic E-state index is 12.5. The number of Topliss-reactive ketones (excluding diaryl/α,β-unsaturated/α-hetero) is 1. The summed E-state index contributed by atoms with van der Waals surface area (Å²) < 4.78 is 1.93. The molecule has 0 aliphatic heterocycles. The molecule has 0 radical (unpaired) electrons. The van der Waals surface area contributed by atoms with Crippen LogP contribution in [0.3, 0.4) is 0 Å². The van der Waals surface area contributed by atoms with E-state index in [1.54, 1.807) is 6.20 Å². The first-order chi connectivity index (χ1) is 10.2. The second-order valence-corrected chi connectivity index (χ2v) is 5.05. The normalized spacial score (nSPS) is 11.0. The first-order valence-electron chi connectivity index (χ1n) is 7.10. The average molecular weight is 279 g/mol. The molecule has 0 aliphatic rings. The summed E-state index contributed by atoms with van der Waals surface area (Å²) in [6.45, 7) is 4.74. The fraction of sp³-hybridized carbons (Fsp3) is 0.235. The topological polar surface area (TPSA) is 47.8 Å². The Labute approximate surface area is 123 Å². The molecule has 106 valence electrons. The second-order valence-electron chi connectivity index (χ2n) is 5.05. The van der Waals surface area contributed by atoms with Crippen molar-refractivity contribution in [1.82, 2.24) is 14.8 Å². The van der Waals surface area contributed by atoms with Gasteiger partial charge in [-0.1, -0.05) is 24.3 Å². The lowest BCUT2D eigenvalue weighted by Gasteiger charge is -2.02. The minimum Gasteiger partial charge on any atom is -0.292 e. The van der Waals surface area contributed by atoms with E-state index < -0.39 is 0 Å². The minimum absolute atomic E-state index is 0.0135. The number of fused-ring (bicyclic) bond motifs is 1. The van der Waals surface area contributed by atoms with Crippen LogP contribution >= 0.6 is 0 Å². The molecule has 3 rings (SSSR count). The smallest absolute Gasteiger partial charge is 0.187 e. The number of benzene rings is 1. The Kier molecular flexibility index (Phi) is 3.52. The molecule has 1 aromatic carbocycles. The SMILES string of the molecule is CCn1nc(CC(=O)c2ncccc2C)c2ccccc21. The molecule has 4 nitrogen and oxygen atoms in total. The van der Waals surface area contributed by atoms with E-state index in [1.165, 1.54) is 0 Å². The van der Waals surface area contributed by atoms with Crippen molar-refractivity contribution in [3.8, 4) is 0 Å². The van der Waals surface area contributed by atoms with Gasteiger partial charge in [0.2, 0.25) is 0 Å². The maximum Gasteiger partial charge on any atom is 0.187 e. The van der Waals surface area contributed by atoms with Crippen molar-refractivity contribution < 1.29 is 4.79 Å². The summed E-state index contributed by atoms with van der Waals surface area (Å²) in [5, 5.41) is 5.61. The van der Waals surface area contributed by atoms with Crippen molar-refractivity contribution in [2.45, 2.75) is 26.8 Å². The van der Waals surface area contributed by atoms with Crippen LogP contribution in [-0.4, -0.2) is 20.5 Å². The van der Waals surface area contributed by atoms with E-state index in [9.17, 15) is 4.79 Å². The molecule has 0 fully saturated rings. The Balaban J connectivity index is 1.99. The average Bonchev–Trinajstić information content (AvgIpc) is 2.86. The zero-order chi connectivity index (χ0) is 14.8. The molecule has 0 bridgehead atoms. The first kappa shape index (κ1) is 13.5. The van der Waals surface area contributed by atoms with Gasteiger partial charge in [-0.2, -0.15) is 5.10 Å². The maximum atomic E-state index is 12.5. The van der Waals surface area contributed by atoms with Gasteiger partial charge in [-0.3, -0.25) is 14.5 Å². The monoisotopic (exact) mass is 279 g/mol. The molecule has 2 aromatic heterocycles. The van der Waals surface area contributed by atoms with Gasteiger partial charge < -0.3 is 0 Å². The van der Waals surface area contributed by atoms with Gasteiger partial charge in [-0.05, 0) is 31.5 Å². The number of aryl methyl sites for hydroxylation is 2. The van der Waals surface area contributed by atoms with Crippen LogP contribution in [0.5, 0.6) is 0 Å². The number of carbonyl (C=O) groups excluding carboxylic acids is 1. The standard InChI is InChI=1S/C17H17N3O/c1-3-20-15-9-5-4-8-13(15)14(19-20)11-16(21)17-12(2)7-6-10-18-17/h4-10H,3,11H2,1-2H3. The summed E-state index contributed by atoms with van der Waals surface area (Å²) in [5.74, 6) is 0.0135. The van der Waals surface area contributed by atoms with Gasteiger partial charge in [-0.25, -0.2) is 0 Å². The van der Waals surface area contributed by atoms with Gasteiger partial charge in [0.05, 0.1) is 17.6 Å².